The number of rotatable bonds is 1. The van der Waals surface area contributed by atoms with E-state index in [2.05, 4.69) is 35.0 Å². The van der Waals surface area contributed by atoms with E-state index < -0.39 is 0 Å². The van der Waals surface area contributed by atoms with Crippen LogP contribution in [0.3, 0.4) is 0 Å². The van der Waals surface area contributed by atoms with Crippen molar-refractivity contribution < 1.29 is 4.79 Å². The number of nitrogens with zero attached hydrogens (tertiary/aromatic N) is 2. The van der Waals surface area contributed by atoms with Crippen LogP contribution in [-0.4, -0.2) is 22.4 Å². The smallest absolute Gasteiger partial charge is 0.228 e. The zero-order valence-corrected chi connectivity index (χ0v) is 9.71. The molecule has 17 heavy (non-hydrogen) atoms. The van der Waals surface area contributed by atoms with Gasteiger partial charge in [0, 0.05) is 25.0 Å². The van der Waals surface area contributed by atoms with Crippen molar-refractivity contribution in [2.24, 2.45) is 0 Å². The average Bonchev–Trinajstić information content (AvgIpc) is 2.76. The van der Waals surface area contributed by atoms with Crippen molar-refractivity contribution in [1.82, 2.24) is 9.47 Å². The van der Waals surface area contributed by atoms with E-state index in [1.807, 2.05) is 18.3 Å². The first kappa shape index (κ1) is 10.1. The van der Waals surface area contributed by atoms with Crippen LogP contribution in [-0.2, 0) is 4.79 Å². The third-order valence-corrected chi connectivity index (χ3v) is 3.30. The number of allylic oxidation sites excluding steroid dienone is 1. The summed E-state index contributed by atoms with van der Waals surface area (Å²) in [6.45, 7) is 0. The van der Waals surface area contributed by atoms with Crippen molar-refractivity contribution in [3.8, 4) is 0 Å². The molecular weight excluding hydrogens is 212 g/mol. The van der Waals surface area contributed by atoms with Gasteiger partial charge in [0.2, 0.25) is 5.91 Å². The van der Waals surface area contributed by atoms with E-state index in [4.69, 9.17) is 0 Å². The Labute approximate surface area is 99.9 Å². The van der Waals surface area contributed by atoms with Gasteiger partial charge in [-0.25, -0.2) is 0 Å². The fourth-order valence-electron chi connectivity index (χ4n) is 2.29. The van der Waals surface area contributed by atoms with Gasteiger partial charge in [-0.2, -0.15) is 0 Å². The fourth-order valence-corrected chi connectivity index (χ4v) is 2.29. The van der Waals surface area contributed by atoms with Crippen molar-refractivity contribution in [2.75, 3.05) is 7.05 Å². The molecule has 2 aromatic rings. The molecular formula is C14H14N2O. The molecule has 0 fully saturated rings. The van der Waals surface area contributed by atoms with Crippen LogP contribution in [0, 0.1) is 0 Å². The van der Waals surface area contributed by atoms with Crippen LogP contribution in [0.25, 0.3) is 10.9 Å². The highest BCUT2D eigenvalue weighted by Gasteiger charge is 2.20. The summed E-state index contributed by atoms with van der Waals surface area (Å²) in [7, 11) is 1.79. The predicted molar refractivity (Wildman–Crippen MR) is 67.5 cm³/mol. The molecule has 0 saturated carbocycles. The Morgan fingerprint density at radius 1 is 1.24 bits per heavy atom. The zero-order valence-electron chi connectivity index (χ0n) is 9.71. The SMILES string of the molecule is CN1C=CC(n2ccc3ccccc32)CC1=O. The summed E-state index contributed by atoms with van der Waals surface area (Å²) in [5, 5.41) is 1.22. The number of benzene rings is 1. The molecule has 0 radical (unpaired) electrons. The lowest BCUT2D eigenvalue weighted by molar-refractivity contribution is -0.128. The van der Waals surface area contributed by atoms with E-state index in [0.29, 0.717) is 6.42 Å². The maximum atomic E-state index is 11.7. The molecule has 86 valence electrons. The van der Waals surface area contributed by atoms with E-state index in [1.54, 1.807) is 11.9 Å². The number of fused-ring (bicyclic) bond motifs is 1. The van der Waals surface area contributed by atoms with E-state index in [1.165, 1.54) is 10.9 Å². The van der Waals surface area contributed by atoms with Crippen molar-refractivity contribution in [1.29, 1.82) is 0 Å². The van der Waals surface area contributed by atoms with Gasteiger partial charge >= 0.3 is 0 Å². The minimum absolute atomic E-state index is 0.138. The van der Waals surface area contributed by atoms with Gasteiger partial charge in [0.1, 0.15) is 0 Å². The lowest BCUT2D eigenvalue weighted by atomic mass is 10.1. The molecule has 0 aliphatic carbocycles. The van der Waals surface area contributed by atoms with Gasteiger partial charge in [-0.1, -0.05) is 18.2 Å². The van der Waals surface area contributed by atoms with E-state index >= 15 is 0 Å². The van der Waals surface area contributed by atoms with Crippen LogP contribution >= 0.6 is 0 Å². The molecule has 1 unspecified atom stereocenters. The van der Waals surface area contributed by atoms with Gasteiger partial charge < -0.3 is 9.47 Å². The zero-order chi connectivity index (χ0) is 11.8. The maximum absolute atomic E-state index is 11.7. The van der Waals surface area contributed by atoms with E-state index in [9.17, 15) is 4.79 Å². The highest BCUT2D eigenvalue weighted by Crippen LogP contribution is 2.25. The number of carbonyl (C=O) groups excluding carboxylic acids is 1. The maximum Gasteiger partial charge on any atom is 0.228 e. The van der Waals surface area contributed by atoms with Crippen molar-refractivity contribution in [3.05, 3.63) is 48.8 Å². The van der Waals surface area contributed by atoms with E-state index in [0.717, 1.165) is 0 Å². The summed E-state index contributed by atoms with van der Waals surface area (Å²) in [5.74, 6) is 0.162. The molecule has 1 aliphatic rings. The predicted octanol–water partition coefficient (Wildman–Crippen LogP) is 2.56. The van der Waals surface area contributed by atoms with Gasteiger partial charge in [0.25, 0.3) is 0 Å². The highest BCUT2D eigenvalue weighted by atomic mass is 16.2. The minimum atomic E-state index is 0.138. The molecule has 3 rings (SSSR count). The van der Waals surface area contributed by atoms with Crippen LogP contribution in [0.15, 0.2) is 48.8 Å². The Morgan fingerprint density at radius 2 is 2.06 bits per heavy atom. The number of amides is 1. The topological polar surface area (TPSA) is 25.2 Å². The Morgan fingerprint density at radius 3 is 2.88 bits per heavy atom. The fraction of sp³-hybridized carbons (Fsp3) is 0.214. The van der Waals surface area contributed by atoms with Crippen molar-refractivity contribution in [3.63, 3.8) is 0 Å². The standard InChI is InChI=1S/C14H14N2O/c1-15-8-7-12(10-14(15)17)16-9-6-11-4-2-3-5-13(11)16/h2-9,12H,10H2,1H3. The Kier molecular flexibility index (Phi) is 2.25. The molecule has 2 heterocycles. The summed E-state index contributed by atoms with van der Waals surface area (Å²) in [6, 6.07) is 10.5. The molecule has 1 aliphatic heterocycles. The quantitative estimate of drug-likeness (QED) is 0.733. The van der Waals surface area contributed by atoms with Gasteiger partial charge in [-0.15, -0.1) is 0 Å². The molecule has 1 atom stereocenters. The molecule has 0 saturated heterocycles. The number of aromatic nitrogens is 1. The van der Waals surface area contributed by atoms with Crippen LogP contribution in [0.1, 0.15) is 12.5 Å². The summed E-state index contributed by atoms with van der Waals surface area (Å²) in [6.07, 6.45) is 6.52. The number of hydrogen-bond acceptors (Lipinski definition) is 1. The second-order valence-electron chi connectivity index (χ2n) is 4.40. The normalized spacial score (nSPS) is 20.2. The van der Waals surface area contributed by atoms with Gasteiger partial charge in [-0.3, -0.25) is 4.79 Å². The second-order valence-corrected chi connectivity index (χ2v) is 4.40. The summed E-state index contributed by atoms with van der Waals surface area (Å²) < 4.78 is 2.16. The Bertz CT molecular complexity index is 597. The lowest BCUT2D eigenvalue weighted by Gasteiger charge is -2.24. The Hall–Kier alpha value is -2.03. The first-order chi connectivity index (χ1) is 8.25. The monoisotopic (exact) mass is 226 g/mol. The summed E-state index contributed by atoms with van der Waals surface area (Å²) >= 11 is 0. The molecule has 0 bridgehead atoms. The summed E-state index contributed by atoms with van der Waals surface area (Å²) in [5.41, 5.74) is 1.18. The third kappa shape index (κ3) is 1.64. The van der Waals surface area contributed by atoms with Gasteiger partial charge in [0.15, 0.2) is 0 Å². The molecule has 3 nitrogen and oxygen atoms in total. The van der Waals surface area contributed by atoms with Crippen LogP contribution in [0.2, 0.25) is 0 Å². The van der Waals surface area contributed by atoms with Gasteiger partial charge in [0.05, 0.1) is 12.5 Å². The van der Waals surface area contributed by atoms with Crippen LogP contribution in [0.5, 0.6) is 0 Å². The largest absolute Gasteiger partial charge is 0.340 e. The van der Waals surface area contributed by atoms with Crippen molar-refractivity contribution >= 4 is 16.8 Å². The first-order valence-electron chi connectivity index (χ1n) is 5.75. The molecule has 0 spiro atoms. The Balaban J connectivity index is 2.05. The second kappa shape index (κ2) is 3.77. The molecule has 3 heteroatoms. The van der Waals surface area contributed by atoms with Crippen molar-refractivity contribution in [2.45, 2.75) is 12.5 Å². The van der Waals surface area contributed by atoms with E-state index in [-0.39, 0.29) is 11.9 Å². The average molecular weight is 226 g/mol. The lowest BCUT2D eigenvalue weighted by Crippen LogP contribution is -2.28. The van der Waals surface area contributed by atoms with Crippen LogP contribution in [0.4, 0.5) is 0 Å². The molecule has 1 aromatic carbocycles. The summed E-state index contributed by atoms with van der Waals surface area (Å²) in [4.78, 5) is 13.3. The minimum Gasteiger partial charge on any atom is -0.340 e. The molecule has 1 amide bonds. The number of carbonyl (C=O) groups is 1. The number of hydrogen-bond donors (Lipinski definition) is 0. The van der Waals surface area contributed by atoms with Gasteiger partial charge in [-0.05, 0) is 23.6 Å². The molecule has 0 N–H and O–H groups in total. The molecule has 1 aromatic heterocycles. The van der Waals surface area contributed by atoms with Crippen LogP contribution < -0.4 is 0 Å². The number of para-hydroxylation sites is 1. The third-order valence-electron chi connectivity index (χ3n) is 3.30. The highest BCUT2D eigenvalue weighted by molar-refractivity contribution is 5.82. The first-order valence-corrected chi connectivity index (χ1v) is 5.75.